The van der Waals surface area contributed by atoms with Crippen LogP contribution in [-0.2, 0) is 13.0 Å². The van der Waals surface area contributed by atoms with Crippen molar-refractivity contribution >= 4 is 17.2 Å². The zero-order valence-electron chi connectivity index (χ0n) is 15.3. The van der Waals surface area contributed by atoms with E-state index in [0.717, 1.165) is 54.6 Å². The van der Waals surface area contributed by atoms with Gasteiger partial charge in [-0.1, -0.05) is 31.2 Å². The minimum Gasteiger partial charge on any atom is -0.351 e. The Balaban J connectivity index is 1.50. The standard InChI is InChI=1S/C20H27N3OS/c1-4-18-19(25-15(3)22-18)20(24)21-11-16-9-10-23(12-16)13-17-8-6-5-7-14(17)2/h5-8,16H,4,9-13H2,1-3H3,(H,21,24). The van der Waals surface area contributed by atoms with E-state index in [9.17, 15) is 4.79 Å². The summed E-state index contributed by atoms with van der Waals surface area (Å²) in [6, 6.07) is 8.58. The second-order valence-corrected chi connectivity index (χ2v) is 8.09. The molecule has 3 rings (SSSR count). The highest BCUT2D eigenvalue weighted by Gasteiger charge is 2.24. The van der Waals surface area contributed by atoms with Crippen molar-refractivity contribution in [2.24, 2.45) is 5.92 Å². The van der Waals surface area contributed by atoms with Gasteiger partial charge >= 0.3 is 0 Å². The number of benzene rings is 1. The third kappa shape index (κ3) is 4.47. The van der Waals surface area contributed by atoms with Crippen molar-refractivity contribution in [3.8, 4) is 0 Å². The summed E-state index contributed by atoms with van der Waals surface area (Å²) in [6.45, 7) is 10.1. The third-order valence-corrected chi connectivity index (χ3v) is 5.93. The fraction of sp³-hybridized carbons (Fsp3) is 0.500. The van der Waals surface area contributed by atoms with Crippen LogP contribution in [0.4, 0.5) is 0 Å². The Morgan fingerprint density at radius 3 is 2.92 bits per heavy atom. The van der Waals surface area contributed by atoms with Gasteiger partial charge in [-0.3, -0.25) is 9.69 Å². The Hall–Kier alpha value is -1.72. The molecule has 25 heavy (non-hydrogen) atoms. The summed E-state index contributed by atoms with van der Waals surface area (Å²) in [5, 5.41) is 4.09. The van der Waals surface area contributed by atoms with Crippen molar-refractivity contribution in [3.63, 3.8) is 0 Å². The van der Waals surface area contributed by atoms with Gasteiger partial charge < -0.3 is 5.32 Å². The number of amides is 1. The predicted octanol–water partition coefficient (Wildman–Crippen LogP) is 3.57. The van der Waals surface area contributed by atoms with Gasteiger partial charge in [0.1, 0.15) is 4.88 Å². The normalized spacial score (nSPS) is 17.8. The average Bonchev–Trinajstić information content (AvgIpc) is 3.21. The molecule has 1 unspecified atom stereocenters. The number of aromatic nitrogens is 1. The summed E-state index contributed by atoms with van der Waals surface area (Å²) >= 11 is 1.50. The minimum atomic E-state index is 0.0415. The number of hydrogen-bond acceptors (Lipinski definition) is 4. The minimum absolute atomic E-state index is 0.0415. The quantitative estimate of drug-likeness (QED) is 0.859. The fourth-order valence-corrected chi connectivity index (χ4v) is 4.38. The highest BCUT2D eigenvalue weighted by Crippen LogP contribution is 2.21. The zero-order valence-corrected chi connectivity index (χ0v) is 16.2. The van der Waals surface area contributed by atoms with Crippen LogP contribution in [0.2, 0.25) is 0 Å². The Morgan fingerprint density at radius 2 is 2.16 bits per heavy atom. The first kappa shape index (κ1) is 18.1. The van der Waals surface area contributed by atoms with Crippen LogP contribution in [0.25, 0.3) is 0 Å². The first-order valence-corrected chi connectivity index (χ1v) is 9.89. The van der Waals surface area contributed by atoms with E-state index in [1.54, 1.807) is 0 Å². The largest absolute Gasteiger partial charge is 0.351 e. The van der Waals surface area contributed by atoms with Crippen LogP contribution in [0.5, 0.6) is 0 Å². The number of rotatable bonds is 6. The lowest BCUT2D eigenvalue weighted by molar-refractivity contribution is 0.0950. The Bertz CT molecular complexity index is 740. The predicted molar refractivity (Wildman–Crippen MR) is 103 cm³/mol. The smallest absolute Gasteiger partial charge is 0.263 e. The molecule has 1 aromatic carbocycles. The van der Waals surface area contributed by atoms with E-state index in [1.807, 2.05) is 13.8 Å². The molecule has 4 nitrogen and oxygen atoms in total. The summed E-state index contributed by atoms with van der Waals surface area (Å²) < 4.78 is 0. The molecule has 1 saturated heterocycles. The topological polar surface area (TPSA) is 45.2 Å². The van der Waals surface area contributed by atoms with Gasteiger partial charge in [0.2, 0.25) is 0 Å². The highest BCUT2D eigenvalue weighted by atomic mass is 32.1. The number of likely N-dealkylation sites (tertiary alicyclic amines) is 1. The Kier molecular flexibility index (Phi) is 5.86. The van der Waals surface area contributed by atoms with E-state index < -0.39 is 0 Å². The molecule has 0 radical (unpaired) electrons. The van der Waals surface area contributed by atoms with Gasteiger partial charge in [-0.05, 0) is 50.3 Å². The Labute approximate surface area is 154 Å². The van der Waals surface area contributed by atoms with Crippen LogP contribution in [-0.4, -0.2) is 35.4 Å². The lowest BCUT2D eigenvalue weighted by atomic mass is 10.1. The van der Waals surface area contributed by atoms with E-state index in [2.05, 4.69) is 46.4 Å². The molecule has 0 spiro atoms. The molecule has 1 fully saturated rings. The lowest BCUT2D eigenvalue weighted by Gasteiger charge is -2.17. The average molecular weight is 358 g/mol. The summed E-state index contributed by atoms with van der Waals surface area (Å²) in [5.74, 6) is 0.576. The van der Waals surface area contributed by atoms with Gasteiger partial charge in [0.15, 0.2) is 0 Å². The second-order valence-electron chi connectivity index (χ2n) is 6.89. The molecule has 1 amide bonds. The van der Waals surface area contributed by atoms with E-state index in [4.69, 9.17) is 0 Å². The zero-order chi connectivity index (χ0) is 17.8. The van der Waals surface area contributed by atoms with Gasteiger partial charge in [0.25, 0.3) is 5.91 Å². The van der Waals surface area contributed by atoms with Gasteiger partial charge in [-0.2, -0.15) is 0 Å². The second kappa shape index (κ2) is 8.11. The summed E-state index contributed by atoms with van der Waals surface area (Å²) in [6.07, 6.45) is 1.95. The lowest BCUT2D eigenvalue weighted by Crippen LogP contribution is -2.31. The molecule has 0 bridgehead atoms. The van der Waals surface area contributed by atoms with Crippen LogP contribution in [0.3, 0.4) is 0 Å². The maximum absolute atomic E-state index is 12.5. The van der Waals surface area contributed by atoms with Crippen LogP contribution >= 0.6 is 11.3 Å². The number of thiazole rings is 1. The first-order valence-electron chi connectivity index (χ1n) is 9.08. The van der Waals surface area contributed by atoms with E-state index in [-0.39, 0.29) is 5.91 Å². The van der Waals surface area contributed by atoms with E-state index in [1.165, 1.54) is 22.5 Å². The monoisotopic (exact) mass is 357 g/mol. The maximum Gasteiger partial charge on any atom is 0.263 e. The number of hydrogen-bond donors (Lipinski definition) is 1. The van der Waals surface area contributed by atoms with Gasteiger partial charge in [0, 0.05) is 19.6 Å². The molecular formula is C20H27N3OS. The molecular weight excluding hydrogens is 330 g/mol. The number of carbonyl (C=O) groups is 1. The van der Waals surface area contributed by atoms with Crippen LogP contribution in [0.15, 0.2) is 24.3 Å². The summed E-state index contributed by atoms with van der Waals surface area (Å²) in [7, 11) is 0. The van der Waals surface area contributed by atoms with Crippen molar-refractivity contribution in [3.05, 3.63) is 51.0 Å². The number of nitrogens with one attached hydrogen (secondary N) is 1. The van der Waals surface area contributed by atoms with Crippen LogP contribution < -0.4 is 5.32 Å². The van der Waals surface area contributed by atoms with Crippen molar-refractivity contribution in [1.82, 2.24) is 15.2 Å². The number of nitrogens with zero attached hydrogens (tertiary/aromatic N) is 2. The SMILES string of the molecule is CCc1nc(C)sc1C(=O)NCC1CCN(Cc2ccccc2C)C1. The summed E-state index contributed by atoms with van der Waals surface area (Å²) in [4.78, 5) is 20.2. The van der Waals surface area contributed by atoms with Crippen molar-refractivity contribution in [2.75, 3.05) is 19.6 Å². The molecule has 1 atom stereocenters. The molecule has 2 heterocycles. The molecule has 0 saturated carbocycles. The van der Waals surface area contributed by atoms with Crippen molar-refractivity contribution in [2.45, 2.75) is 40.2 Å². The Morgan fingerprint density at radius 1 is 1.36 bits per heavy atom. The molecule has 1 aromatic heterocycles. The van der Waals surface area contributed by atoms with E-state index in [0.29, 0.717) is 5.92 Å². The molecule has 0 aliphatic carbocycles. The van der Waals surface area contributed by atoms with Gasteiger partial charge in [-0.25, -0.2) is 4.98 Å². The molecule has 1 aliphatic rings. The van der Waals surface area contributed by atoms with Crippen molar-refractivity contribution < 1.29 is 4.79 Å². The maximum atomic E-state index is 12.5. The molecule has 5 heteroatoms. The number of carbonyl (C=O) groups excluding carboxylic acids is 1. The van der Waals surface area contributed by atoms with Gasteiger partial charge in [-0.15, -0.1) is 11.3 Å². The summed E-state index contributed by atoms with van der Waals surface area (Å²) in [5.41, 5.74) is 3.68. The van der Waals surface area contributed by atoms with Crippen molar-refractivity contribution in [1.29, 1.82) is 0 Å². The highest BCUT2D eigenvalue weighted by molar-refractivity contribution is 7.13. The van der Waals surface area contributed by atoms with E-state index >= 15 is 0 Å². The van der Waals surface area contributed by atoms with Crippen LogP contribution in [0.1, 0.15) is 44.8 Å². The molecule has 1 aliphatic heterocycles. The fourth-order valence-electron chi connectivity index (χ4n) is 3.46. The molecule has 134 valence electrons. The molecule has 1 N–H and O–H groups in total. The first-order chi connectivity index (χ1) is 12.1. The number of aryl methyl sites for hydroxylation is 3. The van der Waals surface area contributed by atoms with Crippen LogP contribution in [0, 0.1) is 19.8 Å². The third-order valence-electron chi connectivity index (χ3n) is 4.92. The van der Waals surface area contributed by atoms with Gasteiger partial charge in [0.05, 0.1) is 10.7 Å². The molecule has 2 aromatic rings.